The van der Waals surface area contributed by atoms with Crippen molar-refractivity contribution in [3.05, 3.63) is 58.1 Å². The lowest BCUT2D eigenvalue weighted by molar-refractivity contribution is -0.274. The Balaban J connectivity index is 1.82. The molecule has 0 saturated carbocycles. The predicted molar refractivity (Wildman–Crippen MR) is 101 cm³/mol. The van der Waals surface area contributed by atoms with Gasteiger partial charge in [-0.15, -0.1) is 13.2 Å². The first-order valence-electron chi connectivity index (χ1n) is 8.05. The molecule has 3 N–H and O–H groups in total. The van der Waals surface area contributed by atoms with Gasteiger partial charge in [0.1, 0.15) is 5.75 Å². The number of urea groups is 1. The molecule has 2 rings (SSSR count). The SMILES string of the molecule is Cc1cc(Br)ccc1NC(=O)CNC(=O)NCc1ccccc1OC(F)(F)F. The van der Waals surface area contributed by atoms with Gasteiger partial charge in [-0.1, -0.05) is 34.1 Å². The van der Waals surface area contributed by atoms with Crippen molar-refractivity contribution in [1.82, 2.24) is 10.6 Å². The topological polar surface area (TPSA) is 79.5 Å². The third-order valence-electron chi connectivity index (χ3n) is 3.51. The first-order valence-corrected chi connectivity index (χ1v) is 8.85. The predicted octanol–water partition coefficient (Wildman–Crippen LogP) is 4.09. The van der Waals surface area contributed by atoms with Crippen LogP contribution in [-0.2, 0) is 11.3 Å². The summed E-state index contributed by atoms with van der Waals surface area (Å²) in [5.74, 6) is -0.847. The molecule has 10 heteroatoms. The molecule has 3 amide bonds. The molecule has 0 aliphatic carbocycles. The number of halogens is 4. The number of amides is 3. The maximum Gasteiger partial charge on any atom is 0.573 e. The van der Waals surface area contributed by atoms with Crippen LogP contribution in [0.5, 0.6) is 5.75 Å². The van der Waals surface area contributed by atoms with E-state index in [4.69, 9.17) is 0 Å². The first-order chi connectivity index (χ1) is 13.1. The highest BCUT2D eigenvalue weighted by Gasteiger charge is 2.31. The molecule has 2 aromatic carbocycles. The molecule has 0 heterocycles. The molecule has 0 fully saturated rings. The van der Waals surface area contributed by atoms with E-state index in [0.29, 0.717) is 5.69 Å². The summed E-state index contributed by atoms with van der Waals surface area (Å²) in [5, 5.41) is 7.37. The molecule has 0 spiro atoms. The number of hydrogen-bond donors (Lipinski definition) is 3. The van der Waals surface area contributed by atoms with E-state index >= 15 is 0 Å². The minimum absolute atomic E-state index is 0.143. The van der Waals surface area contributed by atoms with E-state index < -0.39 is 24.1 Å². The number of nitrogens with one attached hydrogen (secondary N) is 3. The molecule has 2 aromatic rings. The van der Waals surface area contributed by atoms with Gasteiger partial charge >= 0.3 is 12.4 Å². The minimum atomic E-state index is -4.83. The Hall–Kier alpha value is -2.75. The molecular weight excluding hydrogens is 443 g/mol. The Morgan fingerprint density at radius 1 is 1.11 bits per heavy atom. The number of anilines is 1. The Bertz CT molecular complexity index is 859. The number of carbonyl (C=O) groups excluding carboxylic acids is 2. The third-order valence-corrected chi connectivity index (χ3v) is 4.00. The van der Waals surface area contributed by atoms with Crippen LogP contribution >= 0.6 is 15.9 Å². The Labute approximate surface area is 167 Å². The number of aryl methyl sites for hydroxylation is 1. The van der Waals surface area contributed by atoms with E-state index in [1.165, 1.54) is 18.2 Å². The fraction of sp³-hybridized carbons (Fsp3) is 0.222. The second-order valence-electron chi connectivity index (χ2n) is 5.70. The number of alkyl halides is 3. The summed E-state index contributed by atoms with van der Waals surface area (Å²) in [6.07, 6.45) is -4.83. The third kappa shape index (κ3) is 7.10. The number of hydrogen-bond acceptors (Lipinski definition) is 3. The van der Waals surface area contributed by atoms with Gasteiger partial charge < -0.3 is 20.7 Å². The van der Waals surface area contributed by atoms with Crippen LogP contribution in [0.25, 0.3) is 0 Å². The molecule has 0 aliphatic rings. The van der Waals surface area contributed by atoms with Crippen molar-refractivity contribution in [3.63, 3.8) is 0 Å². The van der Waals surface area contributed by atoms with Gasteiger partial charge in [0.15, 0.2) is 0 Å². The van der Waals surface area contributed by atoms with Crippen LogP contribution in [0, 0.1) is 6.92 Å². The minimum Gasteiger partial charge on any atom is -0.405 e. The van der Waals surface area contributed by atoms with Crippen molar-refractivity contribution >= 4 is 33.6 Å². The lowest BCUT2D eigenvalue weighted by Crippen LogP contribution is -2.39. The van der Waals surface area contributed by atoms with Gasteiger partial charge in [-0.2, -0.15) is 0 Å². The van der Waals surface area contributed by atoms with E-state index in [-0.39, 0.29) is 18.7 Å². The van der Waals surface area contributed by atoms with Gasteiger partial charge in [0.2, 0.25) is 5.91 Å². The first kappa shape index (κ1) is 21.5. The van der Waals surface area contributed by atoms with E-state index in [1.54, 1.807) is 12.1 Å². The lowest BCUT2D eigenvalue weighted by atomic mass is 10.2. The zero-order chi connectivity index (χ0) is 20.7. The van der Waals surface area contributed by atoms with Crippen LogP contribution < -0.4 is 20.7 Å². The summed E-state index contributed by atoms with van der Waals surface area (Å²) in [6, 6.07) is 10.1. The lowest BCUT2D eigenvalue weighted by Gasteiger charge is -2.14. The Morgan fingerprint density at radius 3 is 2.50 bits per heavy atom. The van der Waals surface area contributed by atoms with E-state index in [0.717, 1.165) is 16.1 Å². The van der Waals surface area contributed by atoms with Crippen molar-refractivity contribution in [2.45, 2.75) is 19.8 Å². The molecule has 150 valence electrons. The zero-order valence-corrected chi connectivity index (χ0v) is 16.3. The summed E-state index contributed by atoms with van der Waals surface area (Å²) in [4.78, 5) is 23.7. The summed E-state index contributed by atoms with van der Waals surface area (Å²) >= 11 is 3.32. The summed E-state index contributed by atoms with van der Waals surface area (Å²) < 4.78 is 42.0. The van der Waals surface area contributed by atoms with Crippen LogP contribution in [0.2, 0.25) is 0 Å². The maximum atomic E-state index is 12.4. The summed E-state index contributed by atoms with van der Waals surface area (Å²) in [6.45, 7) is 1.31. The fourth-order valence-corrected chi connectivity index (χ4v) is 2.71. The van der Waals surface area contributed by atoms with Crippen molar-refractivity contribution < 1.29 is 27.5 Å². The van der Waals surface area contributed by atoms with Gasteiger partial charge in [0, 0.05) is 22.3 Å². The average Bonchev–Trinajstić information content (AvgIpc) is 2.60. The fourth-order valence-electron chi connectivity index (χ4n) is 2.23. The highest BCUT2D eigenvalue weighted by molar-refractivity contribution is 9.10. The zero-order valence-electron chi connectivity index (χ0n) is 14.7. The van der Waals surface area contributed by atoms with Gasteiger partial charge in [0.25, 0.3) is 0 Å². The molecular formula is C18H17BrF3N3O3. The number of ether oxygens (including phenoxy) is 1. The molecule has 0 unspecified atom stereocenters. The highest BCUT2D eigenvalue weighted by atomic mass is 79.9. The summed E-state index contributed by atoms with van der Waals surface area (Å²) in [5.41, 5.74) is 1.59. The number of benzene rings is 2. The largest absolute Gasteiger partial charge is 0.573 e. The van der Waals surface area contributed by atoms with Crippen molar-refractivity contribution in [1.29, 1.82) is 0 Å². The normalized spacial score (nSPS) is 10.9. The summed E-state index contributed by atoms with van der Waals surface area (Å²) in [7, 11) is 0. The molecule has 0 aromatic heterocycles. The Morgan fingerprint density at radius 2 is 1.82 bits per heavy atom. The van der Waals surface area contributed by atoms with E-state index in [9.17, 15) is 22.8 Å². The van der Waals surface area contributed by atoms with Gasteiger partial charge in [-0.3, -0.25) is 4.79 Å². The molecule has 0 radical (unpaired) electrons. The van der Waals surface area contributed by atoms with Crippen LogP contribution in [0.4, 0.5) is 23.7 Å². The van der Waals surface area contributed by atoms with Gasteiger partial charge in [-0.05, 0) is 36.8 Å². The number of rotatable bonds is 6. The van der Waals surface area contributed by atoms with Gasteiger partial charge in [-0.25, -0.2) is 4.79 Å². The molecule has 0 bridgehead atoms. The molecule has 28 heavy (non-hydrogen) atoms. The quantitative estimate of drug-likeness (QED) is 0.608. The van der Waals surface area contributed by atoms with Crippen LogP contribution in [0.1, 0.15) is 11.1 Å². The van der Waals surface area contributed by atoms with E-state index in [1.807, 2.05) is 13.0 Å². The molecule has 0 aliphatic heterocycles. The smallest absolute Gasteiger partial charge is 0.405 e. The van der Waals surface area contributed by atoms with E-state index in [2.05, 4.69) is 36.6 Å². The van der Waals surface area contributed by atoms with Gasteiger partial charge in [0.05, 0.1) is 6.54 Å². The second kappa shape index (κ2) is 9.45. The van der Waals surface area contributed by atoms with Crippen molar-refractivity contribution in [3.8, 4) is 5.75 Å². The van der Waals surface area contributed by atoms with Crippen LogP contribution in [-0.4, -0.2) is 24.8 Å². The van der Waals surface area contributed by atoms with Crippen molar-refractivity contribution in [2.24, 2.45) is 0 Å². The molecule has 6 nitrogen and oxygen atoms in total. The maximum absolute atomic E-state index is 12.4. The van der Waals surface area contributed by atoms with Crippen LogP contribution in [0.3, 0.4) is 0 Å². The second-order valence-corrected chi connectivity index (χ2v) is 6.61. The monoisotopic (exact) mass is 459 g/mol. The van der Waals surface area contributed by atoms with Crippen molar-refractivity contribution in [2.75, 3.05) is 11.9 Å². The molecule has 0 saturated heterocycles. The number of carbonyl (C=O) groups is 2. The highest BCUT2D eigenvalue weighted by Crippen LogP contribution is 2.26. The molecule has 0 atom stereocenters. The number of para-hydroxylation sites is 1. The Kier molecular flexibility index (Phi) is 7.27. The van der Waals surface area contributed by atoms with Crippen LogP contribution in [0.15, 0.2) is 46.9 Å². The standard InChI is InChI=1S/C18H17BrF3N3O3/c1-11-8-13(19)6-7-14(11)25-16(26)10-24-17(27)23-9-12-4-2-3-5-15(12)28-18(20,21)22/h2-8H,9-10H2,1H3,(H,25,26)(H2,23,24,27). The average molecular weight is 460 g/mol.